The quantitative estimate of drug-likeness (QED) is 0.525. The van der Waals surface area contributed by atoms with E-state index in [0.29, 0.717) is 0 Å². The predicted octanol–water partition coefficient (Wildman–Crippen LogP) is 6.10. The molecule has 122 valence electrons. The van der Waals surface area contributed by atoms with Crippen LogP contribution in [0, 0.1) is 0 Å². The van der Waals surface area contributed by atoms with Gasteiger partial charge in [-0.2, -0.15) is 0 Å². The van der Waals surface area contributed by atoms with Crippen LogP contribution in [0.1, 0.15) is 29.7 Å². The van der Waals surface area contributed by atoms with E-state index in [4.69, 9.17) is 11.6 Å². The van der Waals surface area contributed by atoms with Gasteiger partial charge in [-0.05, 0) is 29.7 Å². The van der Waals surface area contributed by atoms with Gasteiger partial charge in [-0.25, -0.2) is 0 Å². The van der Waals surface area contributed by atoms with Gasteiger partial charge in [0.1, 0.15) is 0 Å². The van der Waals surface area contributed by atoms with Crippen LogP contribution in [0.2, 0.25) is 5.02 Å². The third kappa shape index (κ3) is 4.25. The van der Waals surface area contributed by atoms with Gasteiger partial charge in [0, 0.05) is 24.2 Å². The van der Waals surface area contributed by atoms with Crippen LogP contribution in [0.3, 0.4) is 0 Å². The van der Waals surface area contributed by atoms with Crippen molar-refractivity contribution in [2.75, 3.05) is 0 Å². The highest BCUT2D eigenvalue weighted by Crippen LogP contribution is 2.29. The Kier molecular flexibility index (Phi) is 5.68. The van der Waals surface area contributed by atoms with Gasteiger partial charge in [-0.3, -0.25) is 4.90 Å². The predicted molar refractivity (Wildman–Crippen MR) is 102 cm³/mol. The summed E-state index contributed by atoms with van der Waals surface area (Å²) in [6, 6.07) is 29.6. The molecule has 1 atom stereocenters. The van der Waals surface area contributed by atoms with E-state index in [2.05, 4.69) is 84.6 Å². The van der Waals surface area contributed by atoms with Crippen molar-refractivity contribution >= 4 is 11.6 Å². The topological polar surface area (TPSA) is 3.24 Å². The lowest BCUT2D eigenvalue weighted by molar-refractivity contribution is 0.192. The molecule has 0 saturated carbocycles. The average molecular weight is 336 g/mol. The molecule has 0 aliphatic rings. The Bertz CT molecular complexity index is 714. The second-order valence-corrected chi connectivity index (χ2v) is 6.48. The second-order valence-electron chi connectivity index (χ2n) is 6.07. The average Bonchev–Trinajstić information content (AvgIpc) is 2.63. The van der Waals surface area contributed by atoms with E-state index >= 15 is 0 Å². The summed E-state index contributed by atoms with van der Waals surface area (Å²) >= 11 is 6.44. The Labute approximate surface area is 149 Å². The first-order valence-electron chi connectivity index (χ1n) is 8.30. The summed E-state index contributed by atoms with van der Waals surface area (Å²) in [5.41, 5.74) is 3.80. The molecule has 1 nitrogen and oxygen atoms in total. The van der Waals surface area contributed by atoms with Crippen LogP contribution in [0.4, 0.5) is 0 Å². The number of hydrogen-bond donors (Lipinski definition) is 0. The lowest BCUT2D eigenvalue weighted by Gasteiger charge is -2.30. The van der Waals surface area contributed by atoms with E-state index in [0.717, 1.165) is 18.1 Å². The summed E-state index contributed by atoms with van der Waals surface area (Å²) in [6.45, 7) is 4.01. The summed E-state index contributed by atoms with van der Waals surface area (Å²) in [5.74, 6) is 0. The molecule has 0 N–H and O–H groups in total. The van der Waals surface area contributed by atoms with Gasteiger partial charge in [0.05, 0.1) is 0 Å². The minimum atomic E-state index is 0.235. The highest BCUT2D eigenvalue weighted by molar-refractivity contribution is 6.31. The Morgan fingerprint density at radius 1 is 0.708 bits per heavy atom. The van der Waals surface area contributed by atoms with Crippen LogP contribution in [-0.2, 0) is 13.1 Å². The van der Waals surface area contributed by atoms with Gasteiger partial charge in [0.25, 0.3) is 0 Å². The van der Waals surface area contributed by atoms with Crippen molar-refractivity contribution in [3.63, 3.8) is 0 Å². The number of halogens is 1. The van der Waals surface area contributed by atoms with Gasteiger partial charge in [0.15, 0.2) is 0 Å². The summed E-state index contributed by atoms with van der Waals surface area (Å²) in [4.78, 5) is 2.46. The van der Waals surface area contributed by atoms with E-state index in [1.165, 1.54) is 16.7 Å². The molecular weight excluding hydrogens is 314 g/mol. The van der Waals surface area contributed by atoms with Gasteiger partial charge < -0.3 is 0 Å². The summed E-state index contributed by atoms with van der Waals surface area (Å²) in [5, 5.41) is 0.830. The molecule has 3 aromatic carbocycles. The van der Waals surface area contributed by atoms with Gasteiger partial charge in [-0.1, -0.05) is 90.5 Å². The fourth-order valence-corrected chi connectivity index (χ4v) is 3.27. The van der Waals surface area contributed by atoms with Gasteiger partial charge >= 0.3 is 0 Å². The molecule has 0 bridgehead atoms. The van der Waals surface area contributed by atoms with Crippen molar-refractivity contribution < 1.29 is 0 Å². The number of nitrogens with zero attached hydrogens (tertiary/aromatic N) is 1. The smallest absolute Gasteiger partial charge is 0.0453 e. The molecule has 24 heavy (non-hydrogen) atoms. The van der Waals surface area contributed by atoms with E-state index < -0.39 is 0 Å². The molecule has 2 heteroatoms. The molecule has 0 unspecified atom stereocenters. The number of rotatable bonds is 6. The van der Waals surface area contributed by atoms with Crippen LogP contribution in [-0.4, -0.2) is 4.90 Å². The standard InChI is InChI=1S/C22H22ClN/c1-18(21-14-8-9-15-22(21)23)24(16-19-10-4-2-5-11-19)17-20-12-6-3-7-13-20/h2-15,18H,16-17H2,1H3/t18-/m0/s1. The minimum Gasteiger partial charge on any atom is -0.288 e. The third-order valence-electron chi connectivity index (χ3n) is 4.36. The van der Waals surface area contributed by atoms with Gasteiger partial charge in [0.2, 0.25) is 0 Å². The number of benzene rings is 3. The van der Waals surface area contributed by atoms with Crippen LogP contribution in [0.5, 0.6) is 0 Å². The fraction of sp³-hybridized carbons (Fsp3) is 0.182. The summed E-state index contributed by atoms with van der Waals surface area (Å²) in [6.07, 6.45) is 0. The maximum Gasteiger partial charge on any atom is 0.0453 e. The van der Waals surface area contributed by atoms with Crippen LogP contribution in [0.25, 0.3) is 0 Å². The zero-order valence-corrected chi connectivity index (χ0v) is 14.7. The summed E-state index contributed by atoms with van der Waals surface area (Å²) < 4.78 is 0. The van der Waals surface area contributed by atoms with Crippen LogP contribution in [0.15, 0.2) is 84.9 Å². The molecule has 0 saturated heterocycles. The largest absolute Gasteiger partial charge is 0.288 e. The molecule has 3 aromatic rings. The third-order valence-corrected chi connectivity index (χ3v) is 4.70. The molecule has 0 aliphatic carbocycles. The molecule has 0 heterocycles. The Balaban J connectivity index is 1.87. The highest BCUT2D eigenvalue weighted by Gasteiger charge is 2.18. The first-order valence-corrected chi connectivity index (χ1v) is 8.68. The molecule has 0 radical (unpaired) electrons. The number of hydrogen-bond acceptors (Lipinski definition) is 1. The zero-order valence-electron chi connectivity index (χ0n) is 13.9. The second kappa shape index (κ2) is 8.14. The Morgan fingerprint density at radius 2 is 1.17 bits per heavy atom. The van der Waals surface area contributed by atoms with Crippen molar-refractivity contribution in [2.45, 2.75) is 26.1 Å². The molecular formula is C22H22ClN. The van der Waals surface area contributed by atoms with Crippen LogP contribution >= 0.6 is 11.6 Å². The Morgan fingerprint density at radius 3 is 1.67 bits per heavy atom. The lowest BCUT2D eigenvalue weighted by Crippen LogP contribution is -2.26. The fourth-order valence-electron chi connectivity index (χ4n) is 2.98. The highest BCUT2D eigenvalue weighted by atomic mass is 35.5. The molecule has 0 amide bonds. The summed E-state index contributed by atoms with van der Waals surface area (Å²) in [7, 11) is 0. The van der Waals surface area contributed by atoms with E-state index in [1.54, 1.807) is 0 Å². The zero-order chi connectivity index (χ0) is 16.8. The first kappa shape index (κ1) is 16.8. The van der Waals surface area contributed by atoms with E-state index in [9.17, 15) is 0 Å². The Hall–Kier alpha value is -2.09. The molecule has 0 aromatic heterocycles. The van der Waals surface area contributed by atoms with Crippen molar-refractivity contribution in [3.05, 3.63) is 107 Å². The van der Waals surface area contributed by atoms with Gasteiger partial charge in [-0.15, -0.1) is 0 Å². The maximum atomic E-state index is 6.44. The van der Waals surface area contributed by atoms with Crippen molar-refractivity contribution in [1.82, 2.24) is 4.90 Å². The van der Waals surface area contributed by atoms with E-state index in [1.807, 2.05) is 12.1 Å². The minimum absolute atomic E-state index is 0.235. The molecule has 0 spiro atoms. The van der Waals surface area contributed by atoms with Crippen LogP contribution < -0.4 is 0 Å². The van der Waals surface area contributed by atoms with E-state index in [-0.39, 0.29) is 6.04 Å². The maximum absolute atomic E-state index is 6.44. The lowest BCUT2D eigenvalue weighted by atomic mass is 10.0. The normalized spacial score (nSPS) is 12.3. The monoisotopic (exact) mass is 335 g/mol. The molecule has 0 fully saturated rings. The SMILES string of the molecule is C[C@@H](c1ccccc1Cl)N(Cc1ccccc1)Cc1ccccc1. The van der Waals surface area contributed by atoms with Crippen molar-refractivity contribution in [2.24, 2.45) is 0 Å². The molecule has 3 rings (SSSR count). The molecule has 0 aliphatic heterocycles. The van der Waals surface area contributed by atoms with Crippen molar-refractivity contribution in [3.8, 4) is 0 Å². The van der Waals surface area contributed by atoms with Crippen molar-refractivity contribution in [1.29, 1.82) is 0 Å². The first-order chi connectivity index (χ1) is 11.7.